The minimum atomic E-state index is -0.424. The molecule has 0 atom stereocenters. The third kappa shape index (κ3) is 1.95. The first kappa shape index (κ1) is 8.08. The van der Waals surface area contributed by atoms with Crippen LogP contribution in [0.25, 0.3) is 0 Å². The Morgan fingerprint density at radius 3 is 2.91 bits per heavy atom. The van der Waals surface area contributed by atoms with Crippen molar-refractivity contribution in [2.75, 3.05) is 7.11 Å². The van der Waals surface area contributed by atoms with Crippen molar-refractivity contribution < 1.29 is 9.53 Å². The van der Waals surface area contributed by atoms with E-state index in [-0.39, 0.29) is 0 Å². The number of ether oxygens (including phenoxy) is 1. The molecule has 0 N–H and O–H groups in total. The van der Waals surface area contributed by atoms with Gasteiger partial charge in [0, 0.05) is 11.1 Å². The van der Waals surface area contributed by atoms with Crippen LogP contribution in [0.15, 0.2) is 18.2 Å². The van der Waals surface area contributed by atoms with Crippen LogP contribution in [0.4, 0.5) is 0 Å². The summed E-state index contributed by atoms with van der Waals surface area (Å²) < 4.78 is 4.46. The fourth-order valence-corrected chi connectivity index (χ4v) is 0.844. The van der Waals surface area contributed by atoms with Gasteiger partial charge in [-0.2, -0.15) is 0 Å². The molecule has 1 rings (SSSR count). The Labute approximate surface area is 69.7 Å². The molecule has 0 saturated heterocycles. The summed E-state index contributed by atoms with van der Waals surface area (Å²) in [5, 5.41) is 0.410. The van der Waals surface area contributed by atoms with E-state index in [4.69, 9.17) is 11.6 Å². The normalized spacial score (nSPS) is 9.27. The molecule has 0 aliphatic carbocycles. The smallest absolute Gasteiger partial charge is 0.338 e. The van der Waals surface area contributed by atoms with E-state index in [0.29, 0.717) is 10.6 Å². The lowest BCUT2D eigenvalue weighted by molar-refractivity contribution is 0.0600. The van der Waals surface area contributed by atoms with Gasteiger partial charge in [0.15, 0.2) is 0 Å². The summed E-state index contributed by atoms with van der Waals surface area (Å²) in [6.07, 6.45) is 0. The van der Waals surface area contributed by atoms with E-state index in [0.717, 1.165) is 0 Å². The summed E-state index contributed by atoms with van der Waals surface area (Å²) in [5.74, 6) is -0.424. The highest BCUT2D eigenvalue weighted by atomic mass is 35.5. The van der Waals surface area contributed by atoms with Gasteiger partial charge >= 0.3 is 5.97 Å². The number of halogens is 1. The molecule has 11 heavy (non-hydrogen) atoms. The van der Waals surface area contributed by atoms with Gasteiger partial charge in [-0.05, 0) is 12.1 Å². The first-order valence-electron chi connectivity index (χ1n) is 3.00. The van der Waals surface area contributed by atoms with E-state index in [1.807, 2.05) is 0 Å². The molecule has 1 radical (unpaired) electrons. The standard InChI is InChI=1S/C8H6ClO2/c1-11-8(10)6-3-2-4-7(9)5-6/h2-4H,1H3. The molecule has 0 amide bonds. The largest absolute Gasteiger partial charge is 0.465 e. The molecule has 1 aromatic carbocycles. The molecule has 0 spiro atoms. The average Bonchev–Trinajstić information content (AvgIpc) is 2.03. The number of benzene rings is 1. The molecule has 0 heterocycles. The van der Waals surface area contributed by atoms with Crippen molar-refractivity contribution in [3.8, 4) is 0 Å². The topological polar surface area (TPSA) is 26.3 Å². The van der Waals surface area contributed by atoms with Gasteiger partial charge < -0.3 is 4.74 Å². The number of carbonyl (C=O) groups is 1. The highest BCUT2D eigenvalue weighted by Gasteiger charge is 2.04. The summed E-state index contributed by atoms with van der Waals surface area (Å²) in [7, 11) is 1.32. The third-order valence-corrected chi connectivity index (χ3v) is 1.39. The minimum Gasteiger partial charge on any atom is -0.465 e. The zero-order valence-corrected chi connectivity index (χ0v) is 6.68. The summed E-state index contributed by atoms with van der Waals surface area (Å²) >= 11 is 5.58. The first-order chi connectivity index (χ1) is 5.24. The van der Waals surface area contributed by atoms with Crippen molar-refractivity contribution in [3.63, 3.8) is 0 Å². The molecule has 3 heteroatoms. The maximum Gasteiger partial charge on any atom is 0.338 e. The SMILES string of the molecule is COC(=O)c1[c]c(Cl)ccc1. The first-order valence-corrected chi connectivity index (χ1v) is 3.38. The second-order valence-corrected chi connectivity index (χ2v) is 2.31. The maximum atomic E-state index is 10.9. The van der Waals surface area contributed by atoms with E-state index in [9.17, 15) is 4.79 Å². The van der Waals surface area contributed by atoms with Crippen LogP contribution in [-0.2, 0) is 4.74 Å². The fourth-order valence-electron chi connectivity index (χ4n) is 0.670. The lowest BCUT2D eigenvalue weighted by atomic mass is 10.2. The Morgan fingerprint density at radius 1 is 1.64 bits per heavy atom. The molecular weight excluding hydrogens is 164 g/mol. The van der Waals surface area contributed by atoms with Crippen LogP contribution in [0.5, 0.6) is 0 Å². The van der Waals surface area contributed by atoms with E-state index in [1.54, 1.807) is 18.2 Å². The quantitative estimate of drug-likeness (QED) is 0.601. The lowest BCUT2D eigenvalue weighted by Crippen LogP contribution is -2.00. The van der Waals surface area contributed by atoms with Crippen LogP contribution in [0.2, 0.25) is 5.02 Å². The summed E-state index contributed by atoms with van der Waals surface area (Å²) in [6, 6.07) is 7.56. The summed E-state index contributed by atoms with van der Waals surface area (Å²) in [6.45, 7) is 0. The molecule has 0 aliphatic heterocycles. The molecule has 2 nitrogen and oxygen atoms in total. The highest BCUT2D eigenvalue weighted by molar-refractivity contribution is 6.30. The Kier molecular flexibility index (Phi) is 2.49. The van der Waals surface area contributed by atoms with Crippen LogP contribution in [-0.4, -0.2) is 13.1 Å². The van der Waals surface area contributed by atoms with E-state index in [1.165, 1.54) is 7.11 Å². The van der Waals surface area contributed by atoms with E-state index in [2.05, 4.69) is 10.8 Å². The molecule has 0 aromatic heterocycles. The molecule has 0 unspecified atom stereocenters. The number of methoxy groups -OCH3 is 1. The van der Waals surface area contributed by atoms with Crippen LogP contribution in [0, 0.1) is 6.07 Å². The number of carbonyl (C=O) groups excluding carboxylic acids is 1. The van der Waals surface area contributed by atoms with Gasteiger partial charge in [0.1, 0.15) is 0 Å². The van der Waals surface area contributed by atoms with Crippen LogP contribution < -0.4 is 0 Å². The molecule has 0 saturated carbocycles. The van der Waals surface area contributed by atoms with Crippen LogP contribution >= 0.6 is 11.6 Å². The van der Waals surface area contributed by atoms with Gasteiger partial charge in [0.25, 0.3) is 0 Å². The van der Waals surface area contributed by atoms with Gasteiger partial charge in [0.05, 0.1) is 12.7 Å². The zero-order valence-electron chi connectivity index (χ0n) is 5.93. The highest BCUT2D eigenvalue weighted by Crippen LogP contribution is 2.09. The number of rotatable bonds is 1. The zero-order chi connectivity index (χ0) is 8.27. The molecule has 1 aromatic rings. The lowest BCUT2D eigenvalue weighted by Gasteiger charge is -1.96. The van der Waals surface area contributed by atoms with Gasteiger partial charge in [-0.15, -0.1) is 0 Å². The molecular formula is C8H6ClO2. The predicted molar refractivity (Wildman–Crippen MR) is 41.6 cm³/mol. The number of esters is 1. The number of hydrogen-bond acceptors (Lipinski definition) is 2. The van der Waals surface area contributed by atoms with Crippen molar-refractivity contribution in [3.05, 3.63) is 34.9 Å². The fraction of sp³-hybridized carbons (Fsp3) is 0.125. The van der Waals surface area contributed by atoms with Gasteiger partial charge in [-0.25, -0.2) is 4.79 Å². The molecule has 0 fully saturated rings. The van der Waals surface area contributed by atoms with Crippen molar-refractivity contribution in [1.29, 1.82) is 0 Å². The third-order valence-electron chi connectivity index (χ3n) is 1.16. The van der Waals surface area contributed by atoms with Crippen molar-refractivity contribution in [2.45, 2.75) is 0 Å². The van der Waals surface area contributed by atoms with Crippen molar-refractivity contribution >= 4 is 17.6 Å². The van der Waals surface area contributed by atoms with E-state index < -0.39 is 5.97 Å². The average molecular weight is 170 g/mol. The predicted octanol–water partition coefficient (Wildman–Crippen LogP) is 1.93. The van der Waals surface area contributed by atoms with Crippen LogP contribution in [0.1, 0.15) is 10.4 Å². The second kappa shape index (κ2) is 3.39. The van der Waals surface area contributed by atoms with Gasteiger partial charge in [0.2, 0.25) is 0 Å². The van der Waals surface area contributed by atoms with E-state index >= 15 is 0 Å². The Morgan fingerprint density at radius 2 is 2.36 bits per heavy atom. The monoisotopic (exact) mass is 169 g/mol. The Balaban J connectivity index is 2.96. The molecule has 0 bridgehead atoms. The Bertz CT molecular complexity index is 271. The number of hydrogen-bond donors (Lipinski definition) is 0. The van der Waals surface area contributed by atoms with Gasteiger partial charge in [-0.3, -0.25) is 0 Å². The summed E-state index contributed by atoms with van der Waals surface area (Å²) in [5.41, 5.74) is 0.347. The Hall–Kier alpha value is -1.02. The molecule has 0 aliphatic rings. The summed E-state index contributed by atoms with van der Waals surface area (Å²) in [4.78, 5) is 10.9. The van der Waals surface area contributed by atoms with Crippen LogP contribution in [0.3, 0.4) is 0 Å². The van der Waals surface area contributed by atoms with Crippen molar-refractivity contribution in [1.82, 2.24) is 0 Å². The van der Waals surface area contributed by atoms with Gasteiger partial charge in [-0.1, -0.05) is 17.7 Å². The maximum absolute atomic E-state index is 10.9. The van der Waals surface area contributed by atoms with Crippen molar-refractivity contribution in [2.24, 2.45) is 0 Å². The molecule has 57 valence electrons. The second-order valence-electron chi connectivity index (χ2n) is 1.90. The minimum absolute atomic E-state index is 0.347.